The Morgan fingerprint density at radius 3 is 2.64 bits per heavy atom. The van der Waals surface area contributed by atoms with Crippen LogP contribution in [0.3, 0.4) is 0 Å². The maximum Gasteiger partial charge on any atom is 0.338 e. The van der Waals surface area contributed by atoms with Gasteiger partial charge in [0.15, 0.2) is 11.4 Å². The molecular weight excluding hydrogens is 521 g/mol. The van der Waals surface area contributed by atoms with Crippen molar-refractivity contribution in [1.29, 1.82) is 5.26 Å². The highest BCUT2D eigenvalue weighted by atomic mass is 35.5. The Bertz CT molecular complexity index is 1600. The molecule has 184 valence electrons. The molecule has 36 heavy (non-hydrogen) atoms. The molecule has 0 radical (unpaired) electrons. The molecule has 0 fully saturated rings. The van der Waals surface area contributed by atoms with Crippen LogP contribution in [0.25, 0.3) is 6.08 Å². The molecular formula is C26H21Cl2N3O4S. The Morgan fingerprint density at radius 2 is 1.97 bits per heavy atom. The van der Waals surface area contributed by atoms with Gasteiger partial charge in [-0.2, -0.15) is 5.26 Å². The largest absolute Gasteiger partial charge is 0.477 e. The molecule has 0 N–H and O–H groups in total. The molecule has 4 rings (SSSR count). The number of fused-ring (bicyclic) bond motifs is 1. The van der Waals surface area contributed by atoms with E-state index >= 15 is 0 Å². The zero-order chi connectivity index (χ0) is 26.0. The van der Waals surface area contributed by atoms with Gasteiger partial charge in [-0.25, -0.2) is 9.79 Å². The zero-order valence-electron chi connectivity index (χ0n) is 19.7. The van der Waals surface area contributed by atoms with Crippen LogP contribution in [0.4, 0.5) is 0 Å². The molecule has 1 aliphatic heterocycles. The third-order valence-electron chi connectivity index (χ3n) is 5.51. The second-order valence-corrected chi connectivity index (χ2v) is 9.82. The summed E-state index contributed by atoms with van der Waals surface area (Å²) in [7, 11) is 0. The second-order valence-electron chi connectivity index (χ2n) is 7.97. The number of esters is 1. The van der Waals surface area contributed by atoms with E-state index in [1.807, 2.05) is 37.3 Å². The van der Waals surface area contributed by atoms with Crippen LogP contribution in [-0.4, -0.2) is 23.8 Å². The SMILES string of the molecule is CCOC(=O)C1=C(C)N=c2s/c(=C\c3cc(Cl)cc(Cl)c3OCC#N)c(=O)n2[C@@H]1c1ccc(C)cc1. The van der Waals surface area contributed by atoms with Crippen molar-refractivity contribution in [1.82, 2.24) is 4.57 Å². The van der Waals surface area contributed by atoms with Gasteiger partial charge in [0.1, 0.15) is 11.8 Å². The first-order chi connectivity index (χ1) is 17.2. The van der Waals surface area contributed by atoms with E-state index in [2.05, 4.69) is 4.99 Å². The number of nitriles is 1. The zero-order valence-corrected chi connectivity index (χ0v) is 22.0. The van der Waals surface area contributed by atoms with Crippen LogP contribution in [0.5, 0.6) is 5.75 Å². The Kier molecular flexibility index (Phi) is 7.65. The molecule has 1 atom stereocenters. The molecule has 0 amide bonds. The highest BCUT2D eigenvalue weighted by Gasteiger charge is 2.33. The lowest BCUT2D eigenvalue weighted by atomic mass is 9.95. The molecule has 0 spiro atoms. The van der Waals surface area contributed by atoms with Gasteiger partial charge < -0.3 is 9.47 Å². The van der Waals surface area contributed by atoms with Gasteiger partial charge in [-0.15, -0.1) is 0 Å². The summed E-state index contributed by atoms with van der Waals surface area (Å²) in [5, 5.41) is 9.50. The van der Waals surface area contributed by atoms with Crippen LogP contribution >= 0.6 is 34.5 Å². The predicted octanol–water partition coefficient (Wildman–Crippen LogP) is 4.32. The summed E-state index contributed by atoms with van der Waals surface area (Å²) in [6, 6.07) is 11.9. The van der Waals surface area contributed by atoms with E-state index in [0.29, 0.717) is 31.2 Å². The molecule has 1 aliphatic rings. The first-order valence-electron chi connectivity index (χ1n) is 11.0. The van der Waals surface area contributed by atoms with Crippen molar-refractivity contribution in [3.05, 3.63) is 94.1 Å². The smallest absolute Gasteiger partial charge is 0.338 e. The van der Waals surface area contributed by atoms with Crippen LogP contribution in [0, 0.1) is 18.3 Å². The van der Waals surface area contributed by atoms with Crippen molar-refractivity contribution < 1.29 is 14.3 Å². The minimum absolute atomic E-state index is 0.196. The predicted molar refractivity (Wildman–Crippen MR) is 139 cm³/mol. The topological polar surface area (TPSA) is 93.7 Å². The normalized spacial score (nSPS) is 15.2. The number of hydrogen-bond donors (Lipinski definition) is 0. The quantitative estimate of drug-likeness (QED) is 0.433. The Morgan fingerprint density at radius 1 is 1.25 bits per heavy atom. The molecule has 0 saturated heterocycles. The molecule has 0 unspecified atom stereocenters. The molecule has 2 heterocycles. The maximum atomic E-state index is 13.7. The number of carbonyl (C=O) groups excluding carboxylic acids is 1. The monoisotopic (exact) mass is 541 g/mol. The minimum atomic E-state index is -0.708. The highest BCUT2D eigenvalue weighted by Crippen LogP contribution is 2.33. The van der Waals surface area contributed by atoms with Crippen LogP contribution in [0.2, 0.25) is 10.0 Å². The van der Waals surface area contributed by atoms with E-state index in [1.165, 1.54) is 22.0 Å². The lowest BCUT2D eigenvalue weighted by Crippen LogP contribution is -2.39. The summed E-state index contributed by atoms with van der Waals surface area (Å²) in [6.07, 6.45) is 1.60. The number of carbonyl (C=O) groups is 1. The third-order valence-corrected chi connectivity index (χ3v) is 7.00. The van der Waals surface area contributed by atoms with Crippen molar-refractivity contribution in [2.45, 2.75) is 26.8 Å². The fourth-order valence-corrected chi connectivity index (χ4v) is 5.54. The Labute approximate surface area is 221 Å². The Balaban J connectivity index is 1.96. The van der Waals surface area contributed by atoms with E-state index in [1.54, 1.807) is 26.0 Å². The van der Waals surface area contributed by atoms with Gasteiger partial charge in [-0.3, -0.25) is 9.36 Å². The standard InChI is InChI=1S/C26H21Cl2N3O4S/c1-4-34-25(33)21-15(3)30-26-31(22(21)16-7-5-14(2)6-8-16)24(32)20(36-26)12-17-11-18(27)13-19(28)23(17)35-10-9-29/h5-8,11-13,22H,4,10H2,1-3H3/b20-12-/t22-/m1/s1. The van der Waals surface area contributed by atoms with Crippen LogP contribution in [0.1, 0.15) is 36.6 Å². The average molecular weight is 542 g/mol. The highest BCUT2D eigenvalue weighted by molar-refractivity contribution is 7.07. The second kappa shape index (κ2) is 10.7. The average Bonchev–Trinajstić information content (AvgIpc) is 3.12. The number of ether oxygens (including phenoxy) is 2. The van der Waals surface area contributed by atoms with Gasteiger partial charge in [0.05, 0.1) is 33.5 Å². The molecule has 2 aromatic carbocycles. The van der Waals surface area contributed by atoms with Crippen molar-refractivity contribution in [2.75, 3.05) is 13.2 Å². The minimum Gasteiger partial charge on any atom is -0.477 e. The molecule has 3 aromatic rings. The number of halogens is 2. The summed E-state index contributed by atoms with van der Waals surface area (Å²) in [4.78, 5) is 31.7. The van der Waals surface area contributed by atoms with E-state index in [9.17, 15) is 9.59 Å². The van der Waals surface area contributed by atoms with Crippen molar-refractivity contribution in [3.8, 4) is 11.8 Å². The number of aryl methyl sites for hydroxylation is 1. The summed E-state index contributed by atoms with van der Waals surface area (Å²) < 4.78 is 12.7. The van der Waals surface area contributed by atoms with Crippen molar-refractivity contribution >= 4 is 46.6 Å². The van der Waals surface area contributed by atoms with Gasteiger partial charge in [-0.1, -0.05) is 64.4 Å². The first-order valence-corrected chi connectivity index (χ1v) is 12.6. The number of nitrogens with zero attached hydrogens (tertiary/aromatic N) is 3. The lowest BCUT2D eigenvalue weighted by molar-refractivity contribution is -0.139. The van der Waals surface area contributed by atoms with Crippen molar-refractivity contribution in [3.63, 3.8) is 0 Å². The van der Waals surface area contributed by atoms with E-state index in [0.717, 1.165) is 11.1 Å². The summed E-state index contributed by atoms with van der Waals surface area (Å²) >= 11 is 13.7. The first kappa shape index (κ1) is 25.7. The summed E-state index contributed by atoms with van der Waals surface area (Å²) in [6.45, 7) is 5.40. The molecule has 0 bridgehead atoms. The summed E-state index contributed by atoms with van der Waals surface area (Å²) in [5.41, 5.74) is 2.70. The number of benzene rings is 2. The van der Waals surface area contributed by atoms with E-state index < -0.39 is 12.0 Å². The van der Waals surface area contributed by atoms with Gasteiger partial charge in [0, 0.05) is 10.6 Å². The number of allylic oxidation sites excluding steroid dienone is 1. The number of hydrogen-bond acceptors (Lipinski definition) is 7. The number of aromatic nitrogens is 1. The van der Waals surface area contributed by atoms with Crippen LogP contribution < -0.4 is 19.6 Å². The molecule has 10 heteroatoms. The lowest BCUT2D eigenvalue weighted by Gasteiger charge is -2.24. The fraction of sp³-hybridized carbons (Fsp3) is 0.231. The van der Waals surface area contributed by atoms with Crippen LogP contribution in [0.15, 0.2) is 57.5 Å². The Hall–Kier alpha value is -3.38. The fourth-order valence-electron chi connectivity index (χ4n) is 3.94. The molecule has 0 aliphatic carbocycles. The third kappa shape index (κ3) is 4.96. The van der Waals surface area contributed by atoms with Crippen LogP contribution in [-0.2, 0) is 9.53 Å². The van der Waals surface area contributed by atoms with E-state index in [4.69, 9.17) is 37.9 Å². The van der Waals surface area contributed by atoms with Gasteiger partial charge >= 0.3 is 5.97 Å². The molecule has 1 aromatic heterocycles. The number of rotatable bonds is 6. The van der Waals surface area contributed by atoms with Gasteiger partial charge in [0.2, 0.25) is 0 Å². The maximum absolute atomic E-state index is 13.7. The number of thiazole rings is 1. The van der Waals surface area contributed by atoms with Gasteiger partial charge in [-0.05, 0) is 44.5 Å². The molecule has 0 saturated carbocycles. The molecule has 7 nitrogen and oxygen atoms in total. The van der Waals surface area contributed by atoms with E-state index in [-0.39, 0.29) is 29.5 Å². The van der Waals surface area contributed by atoms with Crippen molar-refractivity contribution in [2.24, 2.45) is 4.99 Å². The van der Waals surface area contributed by atoms with Gasteiger partial charge in [0.25, 0.3) is 5.56 Å². The summed E-state index contributed by atoms with van der Waals surface area (Å²) in [5.74, 6) is -0.278.